The number of imide groups is 1. The van der Waals surface area contributed by atoms with Crippen molar-refractivity contribution in [1.29, 1.82) is 0 Å². The molecule has 0 atom stereocenters. The van der Waals surface area contributed by atoms with Crippen LogP contribution in [-0.2, 0) is 25.0 Å². The number of rotatable bonds is 7. The second kappa shape index (κ2) is 11.4. The monoisotopic (exact) mass is 557 g/mol. The number of morpholine rings is 1. The van der Waals surface area contributed by atoms with E-state index in [-0.39, 0.29) is 42.1 Å². The van der Waals surface area contributed by atoms with Crippen LogP contribution in [0.2, 0.25) is 0 Å². The van der Waals surface area contributed by atoms with Crippen molar-refractivity contribution >= 4 is 44.9 Å². The Morgan fingerprint density at radius 1 is 1.08 bits per heavy atom. The number of carbonyl (C=O) groups excluding carboxylic acids is 3. The van der Waals surface area contributed by atoms with Gasteiger partial charge in [0.15, 0.2) is 0 Å². The average molecular weight is 558 g/mol. The van der Waals surface area contributed by atoms with E-state index in [0.717, 1.165) is 22.2 Å². The van der Waals surface area contributed by atoms with E-state index >= 15 is 0 Å². The van der Waals surface area contributed by atoms with Gasteiger partial charge in [0.1, 0.15) is 0 Å². The number of sulfonamides is 1. The minimum Gasteiger partial charge on any atom is -0.379 e. The molecular formula is C27H31N3O6S2. The molecule has 38 heavy (non-hydrogen) atoms. The quantitative estimate of drug-likeness (QED) is 0.519. The highest BCUT2D eigenvalue weighted by molar-refractivity contribution is 8.18. The van der Waals surface area contributed by atoms with Gasteiger partial charge in [-0.1, -0.05) is 51.1 Å². The molecule has 2 heterocycles. The molecule has 0 spiro atoms. The summed E-state index contributed by atoms with van der Waals surface area (Å²) in [6.45, 7) is 7.56. The summed E-state index contributed by atoms with van der Waals surface area (Å²) >= 11 is 0.865. The molecule has 0 aliphatic carbocycles. The first-order chi connectivity index (χ1) is 18.0. The van der Waals surface area contributed by atoms with Gasteiger partial charge in [0.2, 0.25) is 10.0 Å². The largest absolute Gasteiger partial charge is 0.379 e. The predicted molar refractivity (Wildman–Crippen MR) is 146 cm³/mol. The Hall–Kier alpha value is -2.99. The molecule has 0 aromatic heterocycles. The normalized spacial score (nSPS) is 18.3. The second-order valence-corrected chi connectivity index (χ2v) is 12.9. The van der Waals surface area contributed by atoms with Gasteiger partial charge in [0.25, 0.3) is 17.1 Å². The highest BCUT2D eigenvalue weighted by Crippen LogP contribution is 2.32. The maximum atomic E-state index is 12.9. The third-order valence-corrected chi connectivity index (χ3v) is 9.08. The van der Waals surface area contributed by atoms with Gasteiger partial charge in [-0.3, -0.25) is 19.3 Å². The minimum atomic E-state index is -3.74. The van der Waals surface area contributed by atoms with Crippen LogP contribution in [0.25, 0.3) is 6.08 Å². The number of carbonyl (C=O) groups is 3. The summed E-state index contributed by atoms with van der Waals surface area (Å²) in [6.07, 6.45) is 1.69. The molecule has 0 unspecified atom stereocenters. The maximum absolute atomic E-state index is 12.9. The molecule has 0 saturated carbocycles. The van der Waals surface area contributed by atoms with Gasteiger partial charge in [0.05, 0.1) is 23.0 Å². The fraction of sp³-hybridized carbons (Fsp3) is 0.370. The van der Waals surface area contributed by atoms with E-state index in [4.69, 9.17) is 4.74 Å². The SMILES string of the molecule is CC(C)(C)c1ccc(/C=C2/SC(=O)N(CCNC(=O)c3cccc(S(=O)(=O)N4CCOCC4)c3)C2=O)cc1. The van der Waals surface area contributed by atoms with Gasteiger partial charge in [0, 0.05) is 31.7 Å². The van der Waals surface area contributed by atoms with Crippen molar-refractivity contribution in [2.45, 2.75) is 31.1 Å². The Labute approximate surface area is 227 Å². The Balaban J connectivity index is 1.35. The summed E-state index contributed by atoms with van der Waals surface area (Å²) < 4.78 is 32.3. The molecule has 202 valence electrons. The number of hydrogen-bond acceptors (Lipinski definition) is 7. The standard InChI is InChI=1S/C27H31N3O6S2/c1-27(2,3)21-9-7-19(8-10-21)17-23-25(32)30(26(33)37-23)12-11-28-24(31)20-5-4-6-22(18-20)38(34,35)29-13-15-36-16-14-29/h4-10,17-18H,11-16H2,1-3H3,(H,28,31)/b23-17+. The predicted octanol–water partition coefficient (Wildman–Crippen LogP) is 3.47. The molecule has 2 fully saturated rings. The van der Waals surface area contributed by atoms with Crippen LogP contribution in [0.3, 0.4) is 0 Å². The zero-order valence-corrected chi connectivity index (χ0v) is 23.2. The maximum Gasteiger partial charge on any atom is 0.293 e. The fourth-order valence-corrected chi connectivity index (χ4v) is 6.36. The lowest BCUT2D eigenvalue weighted by Crippen LogP contribution is -2.40. The van der Waals surface area contributed by atoms with Crippen LogP contribution >= 0.6 is 11.8 Å². The van der Waals surface area contributed by atoms with Crippen LogP contribution in [0, 0.1) is 0 Å². The highest BCUT2D eigenvalue weighted by Gasteiger charge is 2.34. The lowest BCUT2D eigenvalue weighted by Gasteiger charge is -2.26. The number of ether oxygens (including phenoxy) is 1. The number of amides is 3. The van der Waals surface area contributed by atoms with Crippen LogP contribution in [0.1, 0.15) is 42.3 Å². The van der Waals surface area contributed by atoms with Crippen molar-refractivity contribution in [1.82, 2.24) is 14.5 Å². The smallest absolute Gasteiger partial charge is 0.293 e. The van der Waals surface area contributed by atoms with E-state index in [1.165, 1.54) is 34.1 Å². The van der Waals surface area contributed by atoms with Crippen LogP contribution in [0.4, 0.5) is 4.79 Å². The highest BCUT2D eigenvalue weighted by atomic mass is 32.2. The fourth-order valence-electron chi connectivity index (χ4n) is 4.04. The molecule has 0 radical (unpaired) electrons. The molecule has 2 aliphatic rings. The first-order valence-corrected chi connectivity index (χ1v) is 14.5. The van der Waals surface area contributed by atoms with E-state index in [2.05, 4.69) is 26.1 Å². The third kappa shape index (κ3) is 6.35. The lowest BCUT2D eigenvalue weighted by atomic mass is 9.87. The topological polar surface area (TPSA) is 113 Å². The molecule has 4 rings (SSSR count). The van der Waals surface area contributed by atoms with Gasteiger partial charge in [-0.15, -0.1) is 0 Å². The van der Waals surface area contributed by atoms with E-state index < -0.39 is 27.1 Å². The van der Waals surface area contributed by atoms with Crippen molar-refractivity contribution in [3.63, 3.8) is 0 Å². The first kappa shape index (κ1) is 28.0. The van der Waals surface area contributed by atoms with E-state index in [1.54, 1.807) is 6.08 Å². The Kier molecular flexibility index (Phi) is 8.41. The summed E-state index contributed by atoms with van der Waals surface area (Å²) in [5.74, 6) is -0.904. The van der Waals surface area contributed by atoms with Crippen LogP contribution < -0.4 is 5.32 Å². The Morgan fingerprint density at radius 3 is 2.42 bits per heavy atom. The minimum absolute atomic E-state index is 0.00246. The summed E-state index contributed by atoms with van der Waals surface area (Å²) in [4.78, 5) is 39.4. The molecule has 2 saturated heterocycles. The number of nitrogens with one attached hydrogen (secondary N) is 1. The van der Waals surface area contributed by atoms with E-state index in [0.29, 0.717) is 18.1 Å². The summed E-state index contributed by atoms with van der Waals surface area (Å²) in [5.41, 5.74) is 2.18. The third-order valence-electron chi connectivity index (χ3n) is 6.27. The molecule has 1 N–H and O–H groups in total. The molecule has 2 aromatic carbocycles. The number of thioether (sulfide) groups is 1. The molecular weight excluding hydrogens is 526 g/mol. The van der Waals surface area contributed by atoms with Gasteiger partial charge < -0.3 is 10.1 Å². The average Bonchev–Trinajstić information content (AvgIpc) is 3.16. The number of nitrogens with zero attached hydrogens (tertiary/aromatic N) is 2. The Bertz CT molecular complexity index is 1360. The van der Waals surface area contributed by atoms with Crippen molar-refractivity contribution in [3.05, 3.63) is 70.1 Å². The molecule has 3 amide bonds. The van der Waals surface area contributed by atoms with Crippen molar-refractivity contribution < 1.29 is 27.5 Å². The molecule has 9 nitrogen and oxygen atoms in total. The number of benzene rings is 2. The van der Waals surface area contributed by atoms with E-state index in [9.17, 15) is 22.8 Å². The molecule has 2 aliphatic heterocycles. The van der Waals surface area contributed by atoms with Crippen molar-refractivity contribution in [3.8, 4) is 0 Å². The van der Waals surface area contributed by atoms with Crippen LogP contribution in [0.5, 0.6) is 0 Å². The zero-order chi connectivity index (χ0) is 27.5. The second-order valence-electron chi connectivity index (χ2n) is 10.0. The summed E-state index contributed by atoms with van der Waals surface area (Å²) in [6, 6.07) is 13.7. The molecule has 2 aromatic rings. The zero-order valence-electron chi connectivity index (χ0n) is 21.6. The van der Waals surface area contributed by atoms with Gasteiger partial charge in [-0.25, -0.2) is 8.42 Å². The lowest BCUT2D eigenvalue weighted by molar-refractivity contribution is -0.122. The number of hydrogen-bond donors (Lipinski definition) is 1. The Morgan fingerprint density at radius 2 is 1.76 bits per heavy atom. The summed E-state index contributed by atoms with van der Waals surface area (Å²) in [5, 5.41) is 2.27. The van der Waals surface area contributed by atoms with Gasteiger partial charge in [-0.2, -0.15) is 4.31 Å². The van der Waals surface area contributed by atoms with Crippen molar-refractivity contribution in [2.24, 2.45) is 0 Å². The molecule has 0 bridgehead atoms. The van der Waals surface area contributed by atoms with Gasteiger partial charge >= 0.3 is 0 Å². The van der Waals surface area contributed by atoms with E-state index in [1.807, 2.05) is 24.3 Å². The van der Waals surface area contributed by atoms with Crippen LogP contribution in [0.15, 0.2) is 58.3 Å². The summed E-state index contributed by atoms with van der Waals surface area (Å²) in [7, 11) is -3.74. The first-order valence-electron chi connectivity index (χ1n) is 12.3. The van der Waals surface area contributed by atoms with Crippen LogP contribution in [-0.4, -0.2) is 74.1 Å². The van der Waals surface area contributed by atoms with Crippen molar-refractivity contribution in [2.75, 3.05) is 39.4 Å². The molecule has 11 heteroatoms. The van der Waals surface area contributed by atoms with Gasteiger partial charge in [-0.05, 0) is 52.6 Å².